The fraction of sp³-hybridized carbons (Fsp3) is 0.316. The average molecular weight is 373 g/mol. The summed E-state index contributed by atoms with van der Waals surface area (Å²) >= 11 is 0. The second-order valence-electron chi connectivity index (χ2n) is 6.52. The van der Waals surface area contributed by atoms with Crippen LogP contribution in [0.4, 0.5) is 5.69 Å². The summed E-state index contributed by atoms with van der Waals surface area (Å²) in [5, 5.41) is 2.75. The van der Waals surface area contributed by atoms with Crippen LogP contribution in [0.15, 0.2) is 53.4 Å². The highest BCUT2D eigenvalue weighted by molar-refractivity contribution is 7.89. The fourth-order valence-corrected chi connectivity index (χ4v) is 4.43. The predicted octanol–water partition coefficient (Wildman–Crippen LogP) is 2.18. The van der Waals surface area contributed by atoms with Gasteiger partial charge in [-0.1, -0.05) is 29.8 Å². The average Bonchev–Trinajstić information content (AvgIpc) is 2.63. The lowest BCUT2D eigenvalue weighted by molar-refractivity contribution is 0.102. The number of aryl methyl sites for hydroxylation is 1. The van der Waals surface area contributed by atoms with E-state index in [0.717, 1.165) is 5.56 Å². The van der Waals surface area contributed by atoms with Crippen LogP contribution in [0.5, 0.6) is 0 Å². The number of likely N-dealkylation sites (N-methyl/N-ethyl adjacent to an activating group) is 1. The predicted molar refractivity (Wildman–Crippen MR) is 102 cm³/mol. The molecular weight excluding hydrogens is 350 g/mol. The van der Waals surface area contributed by atoms with Crippen molar-refractivity contribution in [2.24, 2.45) is 0 Å². The number of hydrogen-bond acceptors (Lipinski definition) is 4. The molecule has 1 N–H and O–H groups in total. The van der Waals surface area contributed by atoms with Crippen molar-refractivity contribution >= 4 is 21.6 Å². The Morgan fingerprint density at radius 2 is 1.58 bits per heavy atom. The number of para-hydroxylation sites is 1. The maximum atomic E-state index is 13.0. The van der Waals surface area contributed by atoms with Crippen LogP contribution in [0.25, 0.3) is 0 Å². The summed E-state index contributed by atoms with van der Waals surface area (Å²) in [7, 11) is -1.69. The zero-order valence-electron chi connectivity index (χ0n) is 15.0. The minimum absolute atomic E-state index is 0.130. The lowest BCUT2D eigenvalue weighted by atomic mass is 10.1. The SMILES string of the molecule is Cc1ccc(C(=O)Nc2ccccc2S(=O)(=O)N2CCN(C)CC2)cc1. The number of piperazine rings is 1. The van der Waals surface area contributed by atoms with Crippen LogP contribution in [0, 0.1) is 6.92 Å². The molecule has 26 heavy (non-hydrogen) atoms. The standard InChI is InChI=1S/C19H23N3O3S/c1-15-7-9-16(10-8-15)19(23)20-17-5-3-4-6-18(17)26(24,25)22-13-11-21(2)12-14-22/h3-10H,11-14H2,1-2H3,(H,20,23). The van der Waals surface area contributed by atoms with Gasteiger partial charge in [0.15, 0.2) is 0 Å². The molecule has 0 unspecified atom stereocenters. The van der Waals surface area contributed by atoms with Crippen LogP contribution in [0.1, 0.15) is 15.9 Å². The third kappa shape index (κ3) is 3.95. The molecule has 7 heteroatoms. The van der Waals surface area contributed by atoms with Crippen LogP contribution in [-0.2, 0) is 10.0 Å². The molecule has 0 aliphatic carbocycles. The molecule has 0 radical (unpaired) electrons. The zero-order valence-corrected chi connectivity index (χ0v) is 15.8. The van der Waals surface area contributed by atoms with E-state index in [2.05, 4.69) is 10.2 Å². The quantitative estimate of drug-likeness (QED) is 0.892. The van der Waals surface area contributed by atoms with E-state index in [-0.39, 0.29) is 10.8 Å². The first-order chi connectivity index (χ1) is 12.4. The number of nitrogens with one attached hydrogen (secondary N) is 1. The van der Waals surface area contributed by atoms with E-state index in [0.29, 0.717) is 37.4 Å². The molecule has 0 saturated carbocycles. The van der Waals surface area contributed by atoms with E-state index < -0.39 is 10.0 Å². The number of rotatable bonds is 4. The van der Waals surface area contributed by atoms with Gasteiger partial charge in [0.1, 0.15) is 4.90 Å². The van der Waals surface area contributed by atoms with Crippen LogP contribution in [-0.4, -0.2) is 56.8 Å². The number of nitrogens with zero attached hydrogens (tertiary/aromatic N) is 2. The molecule has 6 nitrogen and oxygen atoms in total. The second-order valence-corrected chi connectivity index (χ2v) is 8.43. The van der Waals surface area contributed by atoms with Crippen LogP contribution >= 0.6 is 0 Å². The fourth-order valence-electron chi connectivity index (χ4n) is 2.86. The Hall–Kier alpha value is -2.22. The summed E-state index contributed by atoms with van der Waals surface area (Å²) in [5.74, 6) is -0.328. The third-order valence-corrected chi connectivity index (χ3v) is 6.49. The van der Waals surface area contributed by atoms with Crippen molar-refractivity contribution in [3.8, 4) is 0 Å². The van der Waals surface area contributed by atoms with E-state index >= 15 is 0 Å². The van der Waals surface area contributed by atoms with Gasteiger partial charge in [-0.05, 0) is 38.2 Å². The number of carbonyl (C=O) groups is 1. The van der Waals surface area contributed by atoms with Crippen molar-refractivity contribution in [3.05, 3.63) is 59.7 Å². The van der Waals surface area contributed by atoms with Gasteiger partial charge in [-0.15, -0.1) is 0 Å². The van der Waals surface area contributed by atoms with Crippen LogP contribution in [0.2, 0.25) is 0 Å². The molecule has 1 fully saturated rings. The summed E-state index contributed by atoms with van der Waals surface area (Å²) < 4.78 is 27.5. The summed E-state index contributed by atoms with van der Waals surface area (Å²) in [6, 6.07) is 13.7. The van der Waals surface area contributed by atoms with Crippen molar-refractivity contribution in [1.82, 2.24) is 9.21 Å². The Morgan fingerprint density at radius 1 is 0.962 bits per heavy atom. The summed E-state index contributed by atoms with van der Waals surface area (Å²) in [4.78, 5) is 14.7. The summed E-state index contributed by atoms with van der Waals surface area (Å²) in [5.41, 5.74) is 1.85. The number of benzene rings is 2. The normalized spacial score (nSPS) is 16.4. The third-order valence-electron chi connectivity index (χ3n) is 4.53. The smallest absolute Gasteiger partial charge is 0.255 e. The highest BCUT2D eigenvalue weighted by atomic mass is 32.2. The van der Waals surface area contributed by atoms with Gasteiger partial charge in [-0.25, -0.2) is 8.42 Å². The second kappa shape index (κ2) is 7.57. The molecule has 1 heterocycles. The van der Waals surface area contributed by atoms with E-state index in [9.17, 15) is 13.2 Å². The van der Waals surface area contributed by atoms with Gasteiger partial charge < -0.3 is 10.2 Å². The number of hydrogen-bond donors (Lipinski definition) is 1. The van der Waals surface area contributed by atoms with Crippen molar-refractivity contribution in [3.63, 3.8) is 0 Å². The van der Waals surface area contributed by atoms with Crippen molar-refractivity contribution in [1.29, 1.82) is 0 Å². The highest BCUT2D eigenvalue weighted by Gasteiger charge is 2.29. The van der Waals surface area contributed by atoms with E-state index in [1.54, 1.807) is 36.4 Å². The molecular formula is C19H23N3O3S. The van der Waals surface area contributed by atoms with Gasteiger partial charge in [0.05, 0.1) is 5.69 Å². The minimum Gasteiger partial charge on any atom is -0.321 e. The number of sulfonamides is 1. The van der Waals surface area contributed by atoms with Gasteiger partial charge >= 0.3 is 0 Å². The van der Waals surface area contributed by atoms with Gasteiger partial charge in [0, 0.05) is 31.7 Å². The van der Waals surface area contributed by atoms with Crippen molar-refractivity contribution in [2.45, 2.75) is 11.8 Å². The molecule has 0 bridgehead atoms. The summed E-state index contributed by atoms with van der Waals surface area (Å²) in [6.45, 7) is 4.21. The first-order valence-electron chi connectivity index (χ1n) is 8.53. The molecule has 1 amide bonds. The molecule has 0 aromatic heterocycles. The minimum atomic E-state index is -3.66. The molecule has 0 atom stereocenters. The molecule has 2 aromatic rings. The van der Waals surface area contributed by atoms with E-state index in [1.165, 1.54) is 4.31 Å². The molecule has 0 spiro atoms. The summed E-state index contributed by atoms with van der Waals surface area (Å²) in [6.07, 6.45) is 0. The zero-order chi connectivity index (χ0) is 18.7. The van der Waals surface area contributed by atoms with Crippen LogP contribution < -0.4 is 5.32 Å². The monoisotopic (exact) mass is 373 g/mol. The lowest BCUT2D eigenvalue weighted by Gasteiger charge is -2.32. The van der Waals surface area contributed by atoms with Gasteiger partial charge in [-0.2, -0.15) is 4.31 Å². The van der Waals surface area contributed by atoms with Gasteiger partial charge in [-0.3, -0.25) is 4.79 Å². The van der Waals surface area contributed by atoms with E-state index in [1.807, 2.05) is 26.1 Å². The molecule has 2 aromatic carbocycles. The van der Waals surface area contributed by atoms with Crippen molar-refractivity contribution in [2.75, 3.05) is 38.5 Å². The molecule has 138 valence electrons. The first kappa shape index (κ1) is 18.6. The highest BCUT2D eigenvalue weighted by Crippen LogP contribution is 2.25. The molecule has 1 aliphatic rings. The Balaban J connectivity index is 1.86. The van der Waals surface area contributed by atoms with Gasteiger partial charge in [0.25, 0.3) is 5.91 Å². The Kier molecular flexibility index (Phi) is 5.41. The molecule has 3 rings (SSSR count). The number of anilines is 1. The Labute approximate surface area is 154 Å². The number of carbonyl (C=O) groups excluding carboxylic acids is 1. The first-order valence-corrected chi connectivity index (χ1v) is 9.98. The van der Waals surface area contributed by atoms with Crippen molar-refractivity contribution < 1.29 is 13.2 Å². The lowest BCUT2D eigenvalue weighted by Crippen LogP contribution is -2.47. The number of amides is 1. The Morgan fingerprint density at radius 3 is 2.23 bits per heavy atom. The topological polar surface area (TPSA) is 69.7 Å². The van der Waals surface area contributed by atoms with Crippen LogP contribution in [0.3, 0.4) is 0 Å². The van der Waals surface area contributed by atoms with Gasteiger partial charge in [0.2, 0.25) is 10.0 Å². The maximum Gasteiger partial charge on any atom is 0.255 e. The molecule has 1 aliphatic heterocycles. The van der Waals surface area contributed by atoms with E-state index in [4.69, 9.17) is 0 Å². The largest absolute Gasteiger partial charge is 0.321 e. The molecule has 1 saturated heterocycles. The maximum absolute atomic E-state index is 13.0. The Bertz CT molecular complexity index is 887.